The molecule has 0 spiro atoms. The number of hydrogen-bond donors (Lipinski definition) is 0. The molecular weight excluding hydrogens is 416 g/mol. The summed E-state index contributed by atoms with van der Waals surface area (Å²) in [7, 11) is 2.80. The van der Waals surface area contributed by atoms with Gasteiger partial charge in [-0.2, -0.15) is 0 Å². The fourth-order valence-electron chi connectivity index (χ4n) is 2.19. The summed E-state index contributed by atoms with van der Waals surface area (Å²) < 4.78 is 0. The predicted octanol–water partition coefficient (Wildman–Crippen LogP) is -0.957. The van der Waals surface area contributed by atoms with E-state index in [0.717, 1.165) is 0 Å². The second-order valence-electron chi connectivity index (χ2n) is 4.53. The molecule has 2 heterocycles. The molecule has 0 N–H and O–H groups in total. The Hall–Kier alpha value is 0.243. The van der Waals surface area contributed by atoms with Crippen molar-refractivity contribution in [1.29, 1.82) is 0 Å². The number of halogens is 2. The molecule has 4 aliphatic rings. The zero-order chi connectivity index (χ0) is 12.5. The molecule has 0 aromatic carbocycles. The molecule has 0 saturated heterocycles. The van der Waals surface area contributed by atoms with Gasteiger partial charge in [0.25, 0.3) is 0 Å². The first-order chi connectivity index (χ1) is 8.72. The average Bonchev–Trinajstić information content (AvgIpc) is 2.97. The molecule has 4 rings (SSSR count). The summed E-state index contributed by atoms with van der Waals surface area (Å²) in [6.45, 7) is 4.34. The van der Waals surface area contributed by atoms with Crippen LogP contribution in [-0.4, -0.2) is 10.6 Å². The number of rotatable bonds is 0. The van der Waals surface area contributed by atoms with Gasteiger partial charge in [0.2, 0.25) is 0 Å². The first kappa shape index (κ1) is 21.2. The minimum absolute atomic E-state index is 0. The van der Waals surface area contributed by atoms with Gasteiger partial charge in [0.15, 0.2) is 0 Å². The molecule has 0 radical (unpaired) electrons. The predicted molar refractivity (Wildman–Crippen MR) is 85.8 cm³/mol. The molecule has 0 fully saturated rings. The van der Waals surface area contributed by atoms with Gasteiger partial charge in [-0.25, -0.2) is 0 Å². The SMILES string of the molecule is CC1=PC2=CC=CC2=C1.CC1=PC2=CC=CC2=C1.[Cl-].[Cl-].[Zr+2]. The smallest absolute Gasteiger partial charge is 1.00 e. The van der Waals surface area contributed by atoms with Crippen molar-refractivity contribution in [3.63, 3.8) is 0 Å². The Balaban J connectivity index is 0.000000333. The average molecular weight is 430 g/mol. The zero-order valence-corrected chi connectivity index (χ0v) is 17.5. The van der Waals surface area contributed by atoms with Crippen molar-refractivity contribution in [2.24, 2.45) is 0 Å². The molecule has 0 aromatic rings. The van der Waals surface area contributed by atoms with Crippen LogP contribution in [-0.2, 0) is 26.2 Å². The molecule has 0 unspecified atom stereocenters. The molecule has 0 amide bonds. The first-order valence-corrected chi connectivity index (χ1v) is 7.83. The van der Waals surface area contributed by atoms with Crippen molar-refractivity contribution in [1.82, 2.24) is 0 Å². The Bertz CT molecular complexity index is 602. The maximum Gasteiger partial charge on any atom is 2.00 e. The molecule has 0 bridgehead atoms. The fourth-order valence-corrected chi connectivity index (χ4v) is 4.22. The fraction of sp³-hybridized carbons (Fsp3) is 0.125. The second kappa shape index (κ2) is 9.40. The Morgan fingerprint density at radius 3 is 1.43 bits per heavy atom. The van der Waals surface area contributed by atoms with Gasteiger partial charge in [0.05, 0.1) is 0 Å². The van der Waals surface area contributed by atoms with Crippen molar-refractivity contribution in [2.75, 3.05) is 0 Å². The van der Waals surface area contributed by atoms with Gasteiger partial charge in [0.1, 0.15) is 0 Å². The Morgan fingerprint density at radius 2 is 1.10 bits per heavy atom. The van der Waals surface area contributed by atoms with Crippen molar-refractivity contribution in [3.05, 3.63) is 70.4 Å². The summed E-state index contributed by atoms with van der Waals surface area (Å²) in [5, 5.41) is 5.85. The van der Waals surface area contributed by atoms with Crippen LogP contribution in [0.4, 0.5) is 0 Å². The summed E-state index contributed by atoms with van der Waals surface area (Å²) in [5.41, 5.74) is 2.82. The molecule has 106 valence electrons. The van der Waals surface area contributed by atoms with Crippen LogP contribution < -0.4 is 24.8 Å². The third-order valence-corrected chi connectivity index (χ3v) is 5.23. The summed E-state index contributed by atoms with van der Waals surface area (Å²) in [5.74, 6) is 0. The Kier molecular flexibility index (Phi) is 9.51. The third-order valence-electron chi connectivity index (χ3n) is 2.97. The van der Waals surface area contributed by atoms with Gasteiger partial charge in [-0.05, 0) is 59.9 Å². The molecule has 0 nitrogen and oxygen atoms in total. The van der Waals surface area contributed by atoms with E-state index < -0.39 is 0 Å². The molecule has 0 aromatic heterocycles. The van der Waals surface area contributed by atoms with Gasteiger partial charge in [0, 0.05) is 10.6 Å². The monoisotopic (exact) mass is 428 g/mol. The van der Waals surface area contributed by atoms with Crippen molar-refractivity contribution >= 4 is 27.0 Å². The topological polar surface area (TPSA) is 0 Å². The second-order valence-corrected chi connectivity index (χ2v) is 7.35. The maximum absolute atomic E-state index is 2.25. The summed E-state index contributed by atoms with van der Waals surface area (Å²) in [6, 6.07) is 0. The van der Waals surface area contributed by atoms with E-state index in [1.54, 1.807) is 0 Å². The van der Waals surface area contributed by atoms with E-state index in [-0.39, 0.29) is 51.0 Å². The number of allylic oxidation sites excluding steroid dienone is 12. The van der Waals surface area contributed by atoms with Gasteiger partial charge in [-0.1, -0.05) is 40.7 Å². The van der Waals surface area contributed by atoms with Crippen LogP contribution in [0, 0.1) is 0 Å². The van der Waals surface area contributed by atoms with Gasteiger partial charge in [-0.15, -0.1) is 0 Å². The quantitative estimate of drug-likeness (QED) is 0.435. The Labute approximate surface area is 161 Å². The van der Waals surface area contributed by atoms with E-state index in [0.29, 0.717) is 0 Å². The van der Waals surface area contributed by atoms with Crippen LogP contribution in [0.25, 0.3) is 0 Å². The van der Waals surface area contributed by atoms with Crippen LogP contribution in [0.2, 0.25) is 0 Å². The molecule has 2 aliphatic carbocycles. The minimum Gasteiger partial charge on any atom is -1.00 e. The first-order valence-electron chi connectivity index (χ1n) is 6.04. The molecule has 2 aliphatic heterocycles. The number of hydrogen-bond acceptors (Lipinski definition) is 0. The van der Waals surface area contributed by atoms with Gasteiger partial charge < -0.3 is 24.8 Å². The minimum atomic E-state index is 0. The van der Waals surface area contributed by atoms with E-state index >= 15 is 0 Å². The van der Waals surface area contributed by atoms with E-state index in [1.807, 2.05) is 0 Å². The maximum atomic E-state index is 2.25. The standard InChI is InChI=1S/2C8H7P.2ClH.Zr/c2*1-6-5-7-3-2-4-8(7)9-6;;;/h2*2-5H,1H3;2*1H;/q;;;;+2/p-2. The summed E-state index contributed by atoms with van der Waals surface area (Å²) in [6.07, 6.45) is 17.4. The zero-order valence-electron chi connectivity index (χ0n) is 11.8. The van der Waals surface area contributed by atoms with Crippen LogP contribution in [0.3, 0.4) is 0 Å². The summed E-state index contributed by atoms with van der Waals surface area (Å²) >= 11 is 0. The molecular formula is C16H14Cl2P2Zr. The van der Waals surface area contributed by atoms with Gasteiger partial charge in [-0.3, -0.25) is 0 Å². The van der Waals surface area contributed by atoms with Crippen LogP contribution in [0.1, 0.15) is 13.8 Å². The van der Waals surface area contributed by atoms with E-state index in [4.69, 9.17) is 0 Å². The third kappa shape index (κ3) is 5.13. The Morgan fingerprint density at radius 1 is 0.714 bits per heavy atom. The van der Waals surface area contributed by atoms with Crippen LogP contribution in [0.5, 0.6) is 0 Å². The number of fused-ring (bicyclic) bond motifs is 2. The van der Waals surface area contributed by atoms with Crippen LogP contribution >= 0.6 is 16.4 Å². The molecule has 0 atom stereocenters. The van der Waals surface area contributed by atoms with E-state index in [1.165, 1.54) is 48.8 Å². The largest absolute Gasteiger partial charge is 2.00 e. The van der Waals surface area contributed by atoms with Crippen molar-refractivity contribution in [2.45, 2.75) is 13.8 Å². The van der Waals surface area contributed by atoms with E-state index in [2.05, 4.69) is 62.5 Å². The van der Waals surface area contributed by atoms with Crippen molar-refractivity contribution < 1.29 is 51.0 Å². The van der Waals surface area contributed by atoms with E-state index in [9.17, 15) is 0 Å². The molecule has 21 heavy (non-hydrogen) atoms. The van der Waals surface area contributed by atoms with Gasteiger partial charge >= 0.3 is 26.2 Å². The van der Waals surface area contributed by atoms with Crippen LogP contribution in [0.15, 0.2) is 70.4 Å². The van der Waals surface area contributed by atoms with Crippen molar-refractivity contribution in [3.8, 4) is 0 Å². The normalized spacial score (nSPS) is 19.7. The summed E-state index contributed by atoms with van der Waals surface area (Å²) in [4.78, 5) is 0. The molecule has 0 saturated carbocycles. The molecule has 5 heteroatoms.